The highest BCUT2D eigenvalue weighted by Crippen LogP contribution is 2.27. The number of halogens is 1. The van der Waals surface area contributed by atoms with Gasteiger partial charge in [-0.1, -0.05) is 18.2 Å². The molecule has 1 aliphatic heterocycles. The Morgan fingerprint density at radius 2 is 2.26 bits per heavy atom. The fraction of sp³-hybridized carbons (Fsp3) is 0.167. The zero-order valence-electron chi connectivity index (χ0n) is 12.5. The smallest absolute Gasteiger partial charge is 0.225 e. The van der Waals surface area contributed by atoms with Crippen LogP contribution in [-0.2, 0) is 11.2 Å². The van der Waals surface area contributed by atoms with Crippen molar-refractivity contribution in [2.24, 2.45) is 0 Å². The number of carbonyl (C=O) groups is 1. The van der Waals surface area contributed by atoms with E-state index in [4.69, 9.17) is 0 Å². The summed E-state index contributed by atoms with van der Waals surface area (Å²) < 4.78 is 13.1. The molecule has 0 unspecified atom stereocenters. The minimum Gasteiger partial charge on any atom is -0.387 e. The van der Waals surface area contributed by atoms with E-state index in [1.54, 1.807) is 6.07 Å². The Bertz CT molecular complexity index is 764. The molecule has 2 aromatic rings. The molecule has 3 rings (SSSR count). The van der Waals surface area contributed by atoms with Gasteiger partial charge >= 0.3 is 0 Å². The Kier molecular flexibility index (Phi) is 4.88. The van der Waals surface area contributed by atoms with Gasteiger partial charge in [0.05, 0.1) is 5.00 Å². The minimum atomic E-state index is -0.269. The average molecular weight is 328 g/mol. The SMILES string of the molecule is O=C(CCc1cccc(F)c1)Nc1cc(C2=CCNC=C2)cs1. The van der Waals surface area contributed by atoms with Gasteiger partial charge in [0.25, 0.3) is 0 Å². The van der Waals surface area contributed by atoms with Crippen LogP contribution >= 0.6 is 11.3 Å². The molecule has 23 heavy (non-hydrogen) atoms. The Morgan fingerprint density at radius 3 is 3.04 bits per heavy atom. The maximum Gasteiger partial charge on any atom is 0.225 e. The molecule has 3 nitrogen and oxygen atoms in total. The molecule has 1 amide bonds. The number of allylic oxidation sites excluding steroid dienone is 2. The first kappa shape index (κ1) is 15.5. The average Bonchev–Trinajstić information content (AvgIpc) is 3.02. The summed E-state index contributed by atoms with van der Waals surface area (Å²) in [6, 6.07) is 8.34. The van der Waals surface area contributed by atoms with Crippen LogP contribution in [0.3, 0.4) is 0 Å². The molecule has 2 heterocycles. The van der Waals surface area contributed by atoms with Crippen LogP contribution in [0.25, 0.3) is 5.57 Å². The summed E-state index contributed by atoms with van der Waals surface area (Å²) in [5.41, 5.74) is 3.09. The normalized spacial score (nSPS) is 13.3. The van der Waals surface area contributed by atoms with Gasteiger partial charge in [0.1, 0.15) is 5.82 Å². The van der Waals surface area contributed by atoms with E-state index in [1.165, 1.54) is 23.5 Å². The second kappa shape index (κ2) is 7.24. The van der Waals surface area contributed by atoms with Crippen molar-refractivity contribution in [3.63, 3.8) is 0 Å². The molecule has 2 N–H and O–H groups in total. The predicted molar refractivity (Wildman–Crippen MR) is 92.8 cm³/mol. The van der Waals surface area contributed by atoms with Crippen LogP contribution in [0.2, 0.25) is 0 Å². The van der Waals surface area contributed by atoms with E-state index < -0.39 is 0 Å². The molecule has 0 atom stereocenters. The molecule has 0 fully saturated rings. The van der Waals surface area contributed by atoms with E-state index in [0.29, 0.717) is 12.8 Å². The zero-order chi connectivity index (χ0) is 16.1. The number of hydrogen-bond acceptors (Lipinski definition) is 3. The summed E-state index contributed by atoms with van der Waals surface area (Å²) in [7, 11) is 0. The summed E-state index contributed by atoms with van der Waals surface area (Å²) in [5, 5.41) is 8.88. The fourth-order valence-corrected chi connectivity index (χ4v) is 3.20. The van der Waals surface area contributed by atoms with E-state index in [-0.39, 0.29) is 11.7 Å². The topological polar surface area (TPSA) is 41.1 Å². The van der Waals surface area contributed by atoms with Crippen LogP contribution in [0.15, 0.2) is 54.1 Å². The van der Waals surface area contributed by atoms with E-state index in [9.17, 15) is 9.18 Å². The molecule has 1 aliphatic rings. The van der Waals surface area contributed by atoms with Crippen molar-refractivity contribution in [1.82, 2.24) is 5.32 Å². The van der Waals surface area contributed by atoms with Crippen LogP contribution in [0, 0.1) is 5.82 Å². The Hall–Kier alpha value is -2.40. The van der Waals surface area contributed by atoms with E-state index >= 15 is 0 Å². The molecule has 0 bridgehead atoms. The lowest BCUT2D eigenvalue weighted by Gasteiger charge is -2.06. The number of nitrogens with one attached hydrogen (secondary N) is 2. The first-order chi connectivity index (χ1) is 11.2. The number of dihydropyridines is 1. The van der Waals surface area contributed by atoms with Gasteiger partial charge in [-0.3, -0.25) is 4.79 Å². The van der Waals surface area contributed by atoms with Gasteiger partial charge in [-0.25, -0.2) is 4.39 Å². The maximum atomic E-state index is 13.1. The van der Waals surface area contributed by atoms with Gasteiger partial charge in [-0.15, -0.1) is 11.3 Å². The van der Waals surface area contributed by atoms with E-state index in [0.717, 1.165) is 28.2 Å². The molecule has 1 aromatic heterocycles. The molecule has 0 saturated heterocycles. The molecule has 0 spiro atoms. The van der Waals surface area contributed by atoms with Crippen molar-refractivity contribution >= 4 is 27.8 Å². The molecule has 0 radical (unpaired) electrons. The van der Waals surface area contributed by atoms with Crippen molar-refractivity contribution in [2.75, 3.05) is 11.9 Å². The van der Waals surface area contributed by atoms with Gasteiger partial charge in [0, 0.05) is 18.3 Å². The quantitative estimate of drug-likeness (QED) is 0.872. The van der Waals surface area contributed by atoms with E-state index in [2.05, 4.69) is 16.7 Å². The number of benzene rings is 1. The van der Waals surface area contributed by atoms with Crippen molar-refractivity contribution in [2.45, 2.75) is 12.8 Å². The Labute approximate surface area is 138 Å². The molecule has 5 heteroatoms. The number of thiophene rings is 1. The van der Waals surface area contributed by atoms with Crippen LogP contribution < -0.4 is 10.6 Å². The second-order valence-electron chi connectivity index (χ2n) is 5.28. The molecule has 118 valence electrons. The van der Waals surface area contributed by atoms with Crippen LogP contribution in [-0.4, -0.2) is 12.5 Å². The first-order valence-electron chi connectivity index (χ1n) is 7.44. The third-order valence-electron chi connectivity index (χ3n) is 3.55. The highest BCUT2D eigenvalue weighted by molar-refractivity contribution is 7.14. The lowest BCUT2D eigenvalue weighted by atomic mass is 10.1. The van der Waals surface area contributed by atoms with Crippen molar-refractivity contribution in [3.05, 3.63) is 71.0 Å². The summed E-state index contributed by atoms with van der Waals surface area (Å²) in [6.07, 6.45) is 6.91. The predicted octanol–water partition coefficient (Wildman–Crippen LogP) is 3.96. The third-order valence-corrected chi connectivity index (χ3v) is 4.39. The van der Waals surface area contributed by atoms with Gasteiger partial charge < -0.3 is 10.6 Å². The van der Waals surface area contributed by atoms with Crippen molar-refractivity contribution in [1.29, 1.82) is 0 Å². The van der Waals surface area contributed by atoms with Gasteiger partial charge in [-0.2, -0.15) is 0 Å². The lowest BCUT2D eigenvalue weighted by molar-refractivity contribution is -0.116. The molecular weight excluding hydrogens is 311 g/mol. The van der Waals surface area contributed by atoms with Gasteiger partial charge in [0.2, 0.25) is 5.91 Å². The van der Waals surface area contributed by atoms with E-state index in [1.807, 2.05) is 29.8 Å². The number of anilines is 1. The number of amides is 1. The highest BCUT2D eigenvalue weighted by atomic mass is 32.1. The molecule has 0 saturated carbocycles. The van der Waals surface area contributed by atoms with Crippen LogP contribution in [0.4, 0.5) is 9.39 Å². The monoisotopic (exact) mass is 328 g/mol. The summed E-state index contributed by atoms with van der Waals surface area (Å²) >= 11 is 1.51. The molecule has 0 aliphatic carbocycles. The lowest BCUT2D eigenvalue weighted by Crippen LogP contribution is -2.11. The maximum absolute atomic E-state index is 13.1. The first-order valence-corrected chi connectivity index (χ1v) is 8.32. The summed E-state index contributed by atoms with van der Waals surface area (Å²) in [4.78, 5) is 12.0. The standard InChI is InChI=1S/C18H17FN2OS/c19-16-3-1-2-13(10-16)4-5-17(22)21-18-11-15(12-23-18)14-6-8-20-9-7-14/h1-3,6-8,10-12,20H,4-5,9H2,(H,21,22). The van der Waals surface area contributed by atoms with Crippen LogP contribution in [0.1, 0.15) is 17.5 Å². The minimum absolute atomic E-state index is 0.0579. The van der Waals surface area contributed by atoms with Crippen LogP contribution in [0.5, 0.6) is 0 Å². The highest BCUT2D eigenvalue weighted by Gasteiger charge is 2.08. The zero-order valence-corrected chi connectivity index (χ0v) is 13.3. The summed E-state index contributed by atoms with van der Waals surface area (Å²) in [6.45, 7) is 0.816. The number of hydrogen-bond donors (Lipinski definition) is 2. The van der Waals surface area contributed by atoms with Gasteiger partial charge in [0.15, 0.2) is 0 Å². The van der Waals surface area contributed by atoms with Crippen molar-refractivity contribution in [3.8, 4) is 0 Å². The number of rotatable bonds is 5. The third kappa shape index (κ3) is 4.29. The van der Waals surface area contributed by atoms with Crippen molar-refractivity contribution < 1.29 is 9.18 Å². The Balaban J connectivity index is 1.55. The number of aryl methyl sites for hydroxylation is 1. The second-order valence-corrected chi connectivity index (χ2v) is 6.19. The Morgan fingerprint density at radius 1 is 1.35 bits per heavy atom. The largest absolute Gasteiger partial charge is 0.387 e. The molecular formula is C18H17FN2OS. The van der Waals surface area contributed by atoms with Gasteiger partial charge in [-0.05, 0) is 53.6 Å². The molecule has 1 aromatic carbocycles. The number of carbonyl (C=O) groups excluding carboxylic acids is 1. The fourth-order valence-electron chi connectivity index (χ4n) is 2.37. The summed E-state index contributed by atoms with van der Waals surface area (Å²) in [5.74, 6) is -0.327.